The van der Waals surface area contributed by atoms with Crippen LogP contribution in [0.5, 0.6) is 0 Å². The van der Waals surface area contributed by atoms with E-state index in [1.54, 1.807) is 0 Å². The Labute approximate surface area is 149 Å². The molecular weight excluding hydrogens is 443 g/mol. The maximum absolute atomic E-state index is 12.9. The Morgan fingerprint density at radius 1 is 1.52 bits per heavy atom. The molecular formula is C16H22BrIN2O. The number of benzene rings is 1. The van der Waals surface area contributed by atoms with Crippen LogP contribution in [-0.4, -0.2) is 36.5 Å². The summed E-state index contributed by atoms with van der Waals surface area (Å²) in [6.45, 7) is 7.00. The first-order valence-corrected chi connectivity index (χ1v) is 9.32. The molecule has 0 bridgehead atoms. The van der Waals surface area contributed by atoms with E-state index in [-0.39, 0.29) is 5.91 Å². The quantitative estimate of drug-likeness (QED) is 0.670. The van der Waals surface area contributed by atoms with Gasteiger partial charge in [-0.15, -0.1) is 0 Å². The van der Waals surface area contributed by atoms with Gasteiger partial charge in [-0.1, -0.05) is 29.8 Å². The summed E-state index contributed by atoms with van der Waals surface area (Å²) in [6, 6.07) is 6.33. The van der Waals surface area contributed by atoms with Crippen molar-refractivity contribution in [1.29, 1.82) is 0 Å². The van der Waals surface area contributed by atoms with Gasteiger partial charge in [-0.05, 0) is 66.1 Å². The third-order valence-corrected chi connectivity index (χ3v) is 5.07. The fourth-order valence-corrected chi connectivity index (χ4v) is 3.62. The Morgan fingerprint density at radius 2 is 2.29 bits per heavy atom. The van der Waals surface area contributed by atoms with Crippen LogP contribution in [0.15, 0.2) is 22.7 Å². The Morgan fingerprint density at radius 3 is 2.90 bits per heavy atom. The maximum atomic E-state index is 12.9. The summed E-state index contributed by atoms with van der Waals surface area (Å²) in [4.78, 5) is 14.9. The molecule has 1 amide bonds. The van der Waals surface area contributed by atoms with E-state index in [0.29, 0.717) is 12.0 Å². The molecule has 1 aliphatic rings. The minimum Gasteiger partial charge on any atom is -0.337 e. The zero-order valence-electron chi connectivity index (χ0n) is 12.5. The number of amides is 1. The number of nitrogens with zero attached hydrogens (tertiary/aromatic N) is 1. The Kier molecular flexibility index (Phi) is 6.50. The van der Waals surface area contributed by atoms with Crippen LogP contribution >= 0.6 is 38.5 Å². The van der Waals surface area contributed by atoms with Gasteiger partial charge in [-0.25, -0.2) is 0 Å². The first-order valence-electron chi connectivity index (χ1n) is 7.45. The van der Waals surface area contributed by atoms with Gasteiger partial charge in [-0.2, -0.15) is 0 Å². The molecule has 1 aliphatic heterocycles. The summed E-state index contributed by atoms with van der Waals surface area (Å²) in [5.74, 6) is 0.614. The summed E-state index contributed by atoms with van der Waals surface area (Å²) in [7, 11) is 0. The van der Waals surface area contributed by atoms with E-state index in [9.17, 15) is 4.79 Å². The Hall–Kier alpha value is -0.140. The van der Waals surface area contributed by atoms with E-state index < -0.39 is 0 Å². The number of carbonyl (C=O) groups is 1. The van der Waals surface area contributed by atoms with Gasteiger partial charge >= 0.3 is 0 Å². The molecule has 5 heteroatoms. The molecule has 0 saturated carbocycles. The van der Waals surface area contributed by atoms with E-state index in [1.807, 2.05) is 23.1 Å². The number of hydrogen-bond acceptors (Lipinski definition) is 2. The summed E-state index contributed by atoms with van der Waals surface area (Å²) >= 11 is 5.71. The molecule has 0 aromatic heterocycles. The van der Waals surface area contributed by atoms with Gasteiger partial charge in [0.2, 0.25) is 0 Å². The highest BCUT2D eigenvalue weighted by Crippen LogP contribution is 2.21. The highest BCUT2D eigenvalue weighted by Gasteiger charge is 2.24. The molecule has 0 spiro atoms. The van der Waals surface area contributed by atoms with Crippen molar-refractivity contribution in [2.45, 2.75) is 32.7 Å². The average molecular weight is 465 g/mol. The van der Waals surface area contributed by atoms with E-state index in [4.69, 9.17) is 0 Å². The molecule has 1 aromatic rings. The monoisotopic (exact) mass is 464 g/mol. The molecule has 1 N–H and O–H groups in total. The molecule has 1 atom stereocenters. The van der Waals surface area contributed by atoms with Crippen LogP contribution in [0, 0.1) is 9.49 Å². The van der Waals surface area contributed by atoms with Crippen molar-refractivity contribution in [2.75, 3.05) is 19.6 Å². The average Bonchev–Trinajstić information content (AvgIpc) is 2.92. The van der Waals surface area contributed by atoms with Crippen molar-refractivity contribution in [3.05, 3.63) is 31.8 Å². The largest absolute Gasteiger partial charge is 0.337 e. The molecule has 1 saturated heterocycles. The molecule has 1 fully saturated rings. The molecule has 0 radical (unpaired) electrons. The number of hydrogen-bond donors (Lipinski definition) is 1. The number of nitrogens with one attached hydrogen (secondary N) is 1. The zero-order chi connectivity index (χ0) is 15.4. The van der Waals surface area contributed by atoms with E-state index >= 15 is 0 Å². The first kappa shape index (κ1) is 17.2. The smallest absolute Gasteiger partial charge is 0.255 e. The summed E-state index contributed by atoms with van der Waals surface area (Å²) in [5, 5.41) is 3.49. The van der Waals surface area contributed by atoms with Gasteiger partial charge in [-0.3, -0.25) is 4.79 Å². The number of rotatable bonds is 5. The lowest BCUT2D eigenvalue weighted by Crippen LogP contribution is -2.43. The van der Waals surface area contributed by atoms with Gasteiger partial charge in [0.1, 0.15) is 0 Å². The fourth-order valence-electron chi connectivity index (χ4n) is 2.69. The van der Waals surface area contributed by atoms with Crippen LogP contribution < -0.4 is 5.32 Å². The lowest BCUT2D eigenvalue weighted by atomic mass is 10.1. The van der Waals surface area contributed by atoms with Gasteiger partial charge in [0.25, 0.3) is 5.91 Å². The van der Waals surface area contributed by atoms with Crippen LogP contribution in [0.3, 0.4) is 0 Å². The van der Waals surface area contributed by atoms with Crippen molar-refractivity contribution >= 4 is 44.4 Å². The van der Waals surface area contributed by atoms with Crippen LogP contribution in [0.2, 0.25) is 0 Å². The topological polar surface area (TPSA) is 32.3 Å². The highest BCUT2D eigenvalue weighted by molar-refractivity contribution is 14.1. The van der Waals surface area contributed by atoms with Crippen LogP contribution in [0.1, 0.15) is 37.0 Å². The first-order chi connectivity index (χ1) is 9.97. The molecule has 2 rings (SSSR count). The van der Waals surface area contributed by atoms with Crippen LogP contribution in [0.25, 0.3) is 0 Å². The molecule has 1 heterocycles. The van der Waals surface area contributed by atoms with E-state index in [1.165, 1.54) is 6.42 Å². The van der Waals surface area contributed by atoms with Crippen molar-refractivity contribution in [3.63, 3.8) is 0 Å². The normalized spacial score (nSPS) is 18.2. The second-order valence-corrected chi connectivity index (χ2v) is 8.10. The molecule has 1 aromatic carbocycles. The van der Waals surface area contributed by atoms with Crippen molar-refractivity contribution in [2.24, 2.45) is 5.92 Å². The minimum absolute atomic E-state index is 0.142. The SMILES string of the molecule is CC(C)CN(CC1CCCN1)C(=O)c1cc(Br)ccc1I. The lowest BCUT2D eigenvalue weighted by Gasteiger charge is -2.28. The minimum atomic E-state index is 0.142. The molecule has 1 unspecified atom stereocenters. The van der Waals surface area contributed by atoms with E-state index in [2.05, 4.69) is 57.7 Å². The van der Waals surface area contributed by atoms with Crippen LogP contribution in [0.4, 0.5) is 0 Å². The van der Waals surface area contributed by atoms with Crippen molar-refractivity contribution in [1.82, 2.24) is 10.2 Å². The Bertz CT molecular complexity index is 501. The number of carbonyl (C=O) groups excluding carboxylic acids is 1. The standard InChI is InChI=1S/C16H22BrIN2O/c1-11(2)9-20(10-13-4-3-7-19-13)16(21)14-8-12(17)5-6-15(14)18/h5-6,8,11,13,19H,3-4,7,9-10H2,1-2H3. The zero-order valence-corrected chi connectivity index (χ0v) is 16.3. The summed E-state index contributed by atoms with van der Waals surface area (Å²) in [6.07, 6.45) is 2.38. The second kappa shape index (κ2) is 7.92. The molecule has 21 heavy (non-hydrogen) atoms. The third kappa shape index (κ3) is 4.93. The number of halogens is 2. The summed E-state index contributed by atoms with van der Waals surface area (Å²) in [5.41, 5.74) is 0.795. The lowest BCUT2D eigenvalue weighted by molar-refractivity contribution is 0.0720. The third-order valence-electron chi connectivity index (χ3n) is 3.63. The van der Waals surface area contributed by atoms with Gasteiger partial charge in [0.15, 0.2) is 0 Å². The fraction of sp³-hybridized carbons (Fsp3) is 0.562. The van der Waals surface area contributed by atoms with Crippen molar-refractivity contribution < 1.29 is 4.79 Å². The Balaban J connectivity index is 2.17. The van der Waals surface area contributed by atoms with Gasteiger partial charge in [0.05, 0.1) is 5.56 Å². The maximum Gasteiger partial charge on any atom is 0.255 e. The van der Waals surface area contributed by atoms with Gasteiger partial charge < -0.3 is 10.2 Å². The molecule has 116 valence electrons. The predicted molar refractivity (Wildman–Crippen MR) is 98.6 cm³/mol. The molecule has 0 aliphatic carbocycles. The predicted octanol–water partition coefficient (Wildman–Crippen LogP) is 3.90. The van der Waals surface area contributed by atoms with E-state index in [0.717, 1.165) is 39.7 Å². The summed E-state index contributed by atoms with van der Waals surface area (Å²) < 4.78 is 1.96. The second-order valence-electron chi connectivity index (χ2n) is 6.02. The van der Waals surface area contributed by atoms with Gasteiger partial charge in [0, 0.05) is 27.2 Å². The highest BCUT2D eigenvalue weighted by atomic mass is 127. The van der Waals surface area contributed by atoms with Crippen molar-refractivity contribution in [3.8, 4) is 0 Å². The van der Waals surface area contributed by atoms with Crippen LogP contribution in [-0.2, 0) is 0 Å². The molecule has 3 nitrogen and oxygen atoms in total.